The Morgan fingerprint density at radius 3 is 2.35 bits per heavy atom. The van der Waals surface area contributed by atoms with Crippen LogP contribution < -0.4 is 5.32 Å². The summed E-state index contributed by atoms with van der Waals surface area (Å²) in [5, 5.41) is 11.4. The first-order chi connectivity index (χ1) is 7.67. The number of hydrogen-bond acceptors (Lipinski definition) is 3. The third-order valence-corrected chi connectivity index (χ3v) is 2.05. The molecule has 0 aliphatic rings. The van der Waals surface area contributed by atoms with Crippen LogP contribution in [0.5, 0.6) is 0 Å². The molecule has 2 atom stereocenters. The Bertz CT molecular complexity index is 293. The van der Waals surface area contributed by atoms with Gasteiger partial charge in [0.2, 0.25) is 0 Å². The number of carboxylic acids is 1. The van der Waals surface area contributed by atoms with Crippen LogP contribution in [0, 0.1) is 5.92 Å². The van der Waals surface area contributed by atoms with Gasteiger partial charge in [0, 0.05) is 0 Å². The SMILES string of the molecule is C=CCC(C)C(NC(=O)OC(C)(C)C)C(=O)O. The number of allylic oxidation sites excluding steroid dienone is 1. The van der Waals surface area contributed by atoms with E-state index in [9.17, 15) is 9.59 Å². The van der Waals surface area contributed by atoms with Crippen molar-refractivity contribution in [2.75, 3.05) is 0 Å². The van der Waals surface area contributed by atoms with E-state index in [1.165, 1.54) is 0 Å². The normalized spacial score (nSPS) is 14.6. The minimum Gasteiger partial charge on any atom is -0.480 e. The van der Waals surface area contributed by atoms with Gasteiger partial charge in [0.25, 0.3) is 0 Å². The highest BCUT2D eigenvalue weighted by Gasteiger charge is 2.27. The van der Waals surface area contributed by atoms with Gasteiger partial charge in [0.05, 0.1) is 0 Å². The molecule has 0 bridgehead atoms. The van der Waals surface area contributed by atoms with Crippen LogP contribution in [0.2, 0.25) is 0 Å². The van der Waals surface area contributed by atoms with Gasteiger partial charge in [0.15, 0.2) is 0 Å². The Hall–Kier alpha value is -1.52. The number of carbonyl (C=O) groups excluding carboxylic acids is 1. The van der Waals surface area contributed by atoms with Crippen LogP contribution in [-0.4, -0.2) is 28.8 Å². The number of ether oxygens (including phenoxy) is 1. The van der Waals surface area contributed by atoms with Gasteiger partial charge in [-0.05, 0) is 33.1 Å². The summed E-state index contributed by atoms with van der Waals surface area (Å²) in [6.07, 6.45) is 1.41. The maximum atomic E-state index is 11.5. The molecule has 0 aromatic carbocycles. The molecule has 0 radical (unpaired) electrons. The first-order valence-corrected chi connectivity index (χ1v) is 5.50. The Morgan fingerprint density at radius 1 is 1.47 bits per heavy atom. The summed E-state index contributed by atoms with van der Waals surface area (Å²) in [7, 11) is 0. The summed E-state index contributed by atoms with van der Waals surface area (Å²) in [5.74, 6) is -1.32. The molecule has 0 heterocycles. The molecular weight excluding hydrogens is 222 g/mol. The van der Waals surface area contributed by atoms with E-state index in [-0.39, 0.29) is 5.92 Å². The largest absolute Gasteiger partial charge is 0.480 e. The van der Waals surface area contributed by atoms with E-state index in [1.807, 2.05) is 0 Å². The molecule has 2 unspecified atom stereocenters. The first kappa shape index (κ1) is 15.5. The summed E-state index contributed by atoms with van der Waals surface area (Å²) in [6, 6.07) is -0.970. The van der Waals surface area contributed by atoms with Crippen LogP contribution in [0.15, 0.2) is 12.7 Å². The molecule has 98 valence electrons. The Kier molecular flexibility index (Phi) is 5.71. The van der Waals surface area contributed by atoms with Crippen molar-refractivity contribution in [3.8, 4) is 0 Å². The molecular formula is C12H21NO4. The van der Waals surface area contributed by atoms with Crippen molar-refractivity contribution >= 4 is 12.1 Å². The van der Waals surface area contributed by atoms with Gasteiger partial charge in [-0.3, -0.25) is 0 Å². The number of amides is 1. The zero-order valence-electron chi connectivity index (χ0n) is 10.8. The van der Waals surface area contributed by atoms with Gasteiger partial charge < -0.3 is 15.2 Å². The summed E-state index contributed by atoms with van der Waals surface area (Å²) in [6.45, 7) is 10.4. The van der Waals surface area contributed by atoms with Crippen molar-refractivity contribution in [2.24, 2.45) is 5.92 Å². The van der Waals surface area contributed by atoms with E-state index in [2.05, 4.69) is 11.9 Å². The molecule has 5 nitrogen and oxygen atoms in total. The smallest absolute Gasteiger partial charge is 0.408 e. The van der Waals surface area contributed by atoms with Crippen LogP contribution in [0.1, 0.15) is 34.1 Å². The molecule has 0 aromatic rings. The second-order valence-electron chi connectivity index (χ2n) is 4.96. The molecule has 0 saturated carbocycles. The van der Waals surface area contributed by atoms with E-state index in [4.69, 9.17) is 9.84 Å². The van der Waals surface area contributed by atoms with Crippen molar-refractivity contribution in [3.05, 3.63) is 12.7 Å². The van der Waals surface area contributed by atoms with E-state index >= 15 is 0 Å². The maximum Gasteiger partial charge on any atom is 0.408 e. The fraction of sp³-hybridized carbons (Fsp3) is 0.667. The highest BCUT2D eigenvalue weighted by molar-refractivity contribution is 5.80. The number of aliphatic carboxylic acids is 1. The quantitative estimate of drug-likeness (QED) is 0.726. The summed E-state index contributed by atoms with van der Waals surface area (Å²) < 4.78 is 5.01. The fourth-order valence-electron chi connectivity index (χ4n) is 1.28. The molecule has 0 aliphatic heterocycles. The molecule has 5 heteroatoms. The van der Waals surface area contributed by atoms with Crippen molar-refractivity contribution < 1.29 is 19.4 Å². The molecule has 1 amide bonds. The van der Waals surface area contributed by atoms with Gasteiger partial charge in [-0.25, -0.2) is 9.59 Å². The minimum atomic E-state index is -1.08. The highest BCUT2D eigenvalue weighted by Crippen LogP contribution is 2.11. The van der Waals surface area contributed by atoms with Crippen molar-refractivity contribution in [3.63, 3.8) is 0 Å². The van der Waals surface area contributed by atoms with E-state index in [0.717, 1.165) is 0 Å². The van der Waals surface area contributed by atoms with Crippen molar-refractivity contribution in [1.29, 1.82) is 0 Å². The van der Waals surface area contributed by atoms with Crippen LogP contribution >= 0.6 is 0 Å². The molecule has 0 aromatic heterocycles. The number of carbonyl (C=O) groups is 2. The zero-order chi connectivity index (χ0) is 13.6. The second kappa shape index (κ2) is 6.27. The van der Waals surface area contributed by atoms with Gasteiger partial charge in [-0.1, -0.05) is 13.0 Å². The topological polar surface area (TPSA) is 75.6 Å². The van der Waals surface area contributed by atoms with E-state index in [1.54, 1.807) is 33.8 Å². The minimum absolute atomic E-state index is 0.238. The van der Waals surface area contributed by atoms with Gasteiger partial charge in [0.1, 0.15) is 11.6 Å². The molecule has 17 heavy (non-hydrogen) atoms. The van der Waals surface area contributed by atoms with Crippen LogP contribution in [-0.2, 0) is 9.53 Å². The van der Waals surface area contributed by atoms with Gasteiger partial charge in [-0.2, -0.15) is 0 Å². The molecule has 0 spiro atoms. The lowest BCUT2D eigenvalue weighted by atomic mass is 9.98. The van der Waals surface area contributed by atoms with Gasteiger partial charge >= 0.3 is 12.1 Å². The Balaban J connectivity index is 4.50. The van der Waals surface area contributed by atoms with Crippen molar-refractivity contribution in [1.82, 2.24) is 5.32 Å². The summed E-state index contributed by atoms with van der Waals surface area (Å²) in [5.41, 5.74) is -0.644. The summed E-state index contributed by atoms with van der Waals surface area (Å²) in [4.78, 5) is 22.5. The van der Waals surface area contributed by atoms with E-state index < -0.39 is 23.7 Å². The first-order valence-electron chi connectivity index (χ1n) is 5.50. The Labute approximate surface area is 102 Å². The molecule has 0 aliphatic carbocycles. The molecule has 2 N–H and O–H groups in total. The monoisotopic (exact) mass is 243 g/mol. The lowest BCUT2D eigenvalue weighted by molar-refractivity contribution is -0.140. The average Bonchev–Trinajstić information content (AvgIpc) is 2.11. The number of hydrogen-bond donors (Lipinski definition) is 2. The second-order valence-corrected chi connectivity index (χ2v) is 4.96. The van der Waals surface area contributed by atoms with Gasteiger partial charge in [-0.15, -0.1) is 6.58 Å². The van der Waals surface area contributed by atoms with E-state index in [0.29, 0.717) is 6.42 Å². The molecule has 0 rings (SSSR count). The predicted octanol–water partition coefficient (Wildman–Crippen LogP) is 2.18. The zero-order valence-corrected chi connectivity index (χ0v) is 10.8. The lowest BCUT2D eigenvalue weighted by Gasteiger charge is -2.24. The lowest BCUT2D eigenvalue weighted by Crippen LogP contribution is -2.46. The number of alkyl carbamates (subject to hydrolysis) is 1. The molecule has 0 saturated heterocycles. The average molecular weight is 243 g/mol. The fourth-order valence-corrected chi connectivity index (χ4v) is 1.28. The predicted molar refractivity (Wildman–Crippen MR) is 64.8 cm³/mol. The standard InChI is InChI=1S/C12H21NO4/c1-6-7-8(2)9(10(14)15)13-11(16)17-12(3,4)5/h6,8-9H,1,7H2,2-5H3,(H,13,16)(H,14,15). The summed E-state index contributed by atoms with van der Waals surface area (Å²) >= 11 is 0. The van der Waals surface area contributed by atoms with Crippen LogP contribution in [0.25, 0.3) is 0 Å². The number of carboxylic acid groups (broad SMARTS) is 1. The third kappa shape index (κ3) is 6.60. The number of rotatable bonds is 5. The van der Waals surface area contributed by atoms with Crippen LogP contribution in [0.3, 0.4) is 0 Å². The maximum absolute atomic E-state index is 11.5. The highest BCUT2D eigenvalue weighted by atomic mass is 16.6. The van der Waals surface area contributed by atoms with Crippen LogP contribution in [0.4, 0.5) is 4.79 Å². The number of nitrogens with one attached hydrogen (secondary N) is 1. The molecule has 0 fully saturated rings. The van der Waals surface area contributed by atoms with Crippen molar-refractivity contribution in [2.45, 2.75) is 45.8 Å². The Morgan fingerprint density at radius 2 is 2.00 bits per heavy atom. The third-order valence-electron chi connectivity index (χ3n) is 2.05.